The largest absolute Gasteiger partial charge is 0.507 e. The number of ketones is 2. The molecule has 0 saturated carbocycles. The van der Waals surface area contributed by atoms with Crippen molar-refractivity contribution < 1.29 is 49.3 Å². The smallest absolute Gasteiger partial charge is 0.229 e. The number of nitrogens with two attached hydrogens (primary N) is 1. The minimum Gasteiger partial charge on any atom is -0.507 e. The number of carbonyl (C=O) groups excluding carboxylic acids is 2. The number of rotatable bonds is 6. The van der Waals surface area contributed by atoms with Crippen molar-refractivity contribution in [2.45, 2.75) is 44.2 Å². The van der Waals surface area contributed by atoms with Crippen LogP contribution in [0.5, 0.6) is 17.2 Å². The molecule has 204 valence electrons. The lowest BCUT2D eigenvalue weighted by Crippen LogP contribution is -2.60. The number of aliphatic imine (C=N–C) groups is 1. The zero-order chi connectivity index (χ0) is 27.9. The lowest BCUT2D eigenvalue weighted by Gasteiger charge is -2.39. The van der Waals surface area contributed by atoms with E-state index in [1.807, 2.05) is 0 Å². The van der Waals surface area contributed by atoms with Gasteiger partial charge in [-0.15, -0.1) is 0 Å². The van der Waals surface area contributed by atoms with Crippen molar-refractivity contribution in [3.05, 3.63) is 51.6 Å². The summed E-state index contributed by atoms with van der Waals surface area (Å²) in [6.45, 7) is 1.01. The molecule has 2 aliphatic rings. The number of nitrogens with one attached hydrogen (secondary N) is 1. The number of guanidine groups is 1. The van der Waals surface area contributed by atoms with Crippen LogP contribution in [0.4, 0.5) is 0 Å². The van der Waals surface area contributed by atoms with Gasteiger partial charge in [-0.1, -0.05) is 0 Å². The second-order valence-corrected chi connectivity index (χ2v) is 8.93. The van der Waals surface area contributed by atoms with Crippen LogP contribution in [0.15, 0.2) is 23.2 Å². The molecule has 1 heterocycles. The highest BCUT2D eigenvalue weighted by Crippen LogP contribution is 2.42. The topological polar surface area (TPSA) is 213 Å². The first-order valence-electron chi connectivity index (χ1n) is 11.6. The Morgan fingerprint density at radius 2 is 1.76 bits per heavy atom. The molecule has 1 fully saturated rings. The first-order valence-corrected chi connectivity index (χ1v) is 11.6. The Balaban J connectivity index is 1.81. The number of aromatic hydroxyl groups is 1. The van der Waals surface area contributed by atoms with Crippen molar-refractivity contribution in [3.8, 4) is 17.2 Å². The average molecular weight is 532 g/mol. The molecule has 0 amide bonds. The molecule has 2 aromatic carbocycles. The summed E-state index contributed by atoms with van der Waals surface area (Å²) in [6, 6.07) is 4.12. The number of phenolic OH excluding ortho intramolecular Hbond substituents is 1. The third kappa shape index (κ3) is 4.54. The summed E-state index contributed by atoms with van der Waals surface area (Å²) in [6.07, 6.45) is -8.02. The van der Waals surface area contributed by atoms with E-state index in [0.717, 1.165) is 0 Å². The second-order valence-electron chi connectivity index (χ2n) is 8.93. The molecule has 0 aromatic heterocycles. The van der Waals surface area contributed by atoms with Crippen LogP contribution >= 0.6 is 0 Å². The SMILES string of the molecule is CN=C(N)NCc1c(C)cc2c(c1O)C(=O)c1c(O[C@H]3O[C@H](CO)[C@@H](O)[C@H](O)[C@H]3O)cc(OC)cc1C2=O. The summed E-state index contributed by atoms with van der Waals surface area (Å²) in [5.41, 5.74) is 5.96. The number of carbonyl (C=O) groups is 2. The van der Waals surface area contributed by atoms with E-state index in [1.54, 1.807) is 6.92 Å². The van der Waals surface area contributed by atoms with Gasteiger partial charge < -0.3 is 50.8 Å². The number of aliphatic hydroxyl groups excluding tert-OH is 4. The Morgan fingerprint density at radius 1 is 1.08 bits per heavy atom. The minimum atomic E-state index is -1.77. The Bertz CT molecular complexity index is 1310. The van der Waals surface area contributed by atoms with E-state index in [2.05, 4.69) is 10.3 Å². The predicted molar refractivity (Wildman–Crippen MR) is 131 cm³/mol. The number of ether oxygens (including phenoxy) is 3. The molecule has 2 aromatic rings. The number of phenols is 1. The number of fused-ring (bicyclic) bond motifs is 2. The summed E-state index contributed by atoms with van der Waals surface area (Å²) >= 11 is 0. The fraction of sp³-hybridized carbons (Fsp3) is 0.400. The molecule has 1 aliphatic heterocycles. The van der Waals surface area contributed by atoms with E-state index in [1.165, 1.54) is 32.4 Å². The van der Waals surface area contributed by atoms with Crippen molar-refractivity contribution in [2.24, 2.45) is 10.7 Å². The molecule has 1 aliphatic carbocycles. The van der Waals surface area contributed by atoms with Gasteiger partial charge in [0.15, 0.2) is 11.7 Å². The Hall–Kier alpha value is -3.75. The molecule has 13 heteroatoms. The van der Waals surface area contributed by atoms with Gasteiger partial charge in [0.1, 0.15) is 41.7 Å². The highest BCUT2D eigenvalue weighted by Gasteiger charge is 2.46. The third-order valence-electron chi connectivity index (χ3n) is 6.66. The Kier molecular flexibility index (Phi) is 7.58. The number of hydrogen-bond acceptors (Lipinski definition) is 11. The number of aliphatic hydroxyl groups is 4. The van der Waals surface area contributed by atoms with Crippen molar-refractivity contribution in [1.29, 1.82) is 0 Å². The van der Waals surface area contributed by atoms with Gasteiger partial charge in [-0.3, -0.25) is 14.6 Å². The van der Waals surface area contributed by atoms with Crippen LogP contribution in [-0.2, 0) is 11.3 Å². The van der Waals surface area contributed by atoms with Crippen LogP contribution in [0.2, 0.25) is 0 Å². The lowest BCUT2D eigenvalue weighted by atomic mass is 9.81. The van der Waals surface area contributed by atoms with E-state index < -0.39 is 54.6 Å². The zero-order valence-electron chi connectivity index (χ0n) is 20.8. The molecular weight excluding hydrogens is 502 g/mol. The molecular formula is C25H29N3O10. The second kappa shape index (κ2) is 10.6. The average Bonchev–Trinajstić information content (AvgIpc) is 2.90. The molecule has 38 heavy (non-hydrogen) atoms. The monoisotopic (exact) mass is 531 g/mol. The van der Waals surface area contributed by atoms with Crippen molar-refractivity contribution in [2.75, 3.05) is 20.8 Å². The van der Waals surface area contributed by atoms with Crippen LogP contribution in [0.1, 0.15) is 43.0 Å². The van der Waals surface area contributed by atoms with Crippen molar-refractivity contribution >= 4 is 17.5 Å². The van der Waals surface area contributed by atoms with Crippen LogP contribution in [-0.4, -0.2) is 94.5 Å². The van der Waals surface area contributed by atoms with Gasteiger partial charge in [0.05, 0.1) is 24.8 Å². The van der Waals surface area contributed by atoms with Crippen LogP contribution < -0.4 is 20.5 Å². The molecule has 0 spiro atoms. The van der Waals surface area contributed by atoms with E-state index in [0.29, 0.717) is 11.1 Å². The molecule has 5 atom stereocenters. The summed E-state index contributed by atoms with van der Waals surface area (Å²) in [7, 11) is 2.81. The molecule has 1 saturated heterocycles. The molecule has 4 rings (SSSR count). The van der Waals surface area contributed by atoms with E-state index in [-0.39, 0.29) is 46.3 Å². The summed E-state index contributed by atoms with van der Waals surface area (Å²) in [5, 5.41) is 54.0. The van der Waals surface area contributed by atoms with E-state index in [9.17, 15) is 35.1 Å². The summed E-state index contributed by atoms with van der Waals surface area (Å²) < 4.78 is 16.4. The molecule has 0 unspecified atom stereocenters. The number of hydrogen-bond donors (Lipinski definition) is 7. The van der Waals surface area contributed by atoms with E-state index in [4.69, 9.17) is 19.9 Å². The summed E-state index contributed by atoms with van der Waals surface area (Å²) in [5.74, 6) is -1.74. The van der Waals surface area contributed by atoms with Gasteiger partial charge in [-0.05, 0) is 24.6 Å². The van der Waals surface area contributed by atoms with Gasteiger partial charge in [-0.2, -0.15) is 0 Å². The Labute approximate surface area is 217 Å². The highest BCUT2D eigenvalue weighted by atomic mass is 16.7. The number of nitrogens with zero attached hydrogens (tertiary/aromatic N) is 1. The van der Waals surface area contributed by atoms with Crippen LogP contribution in [0.25, 0.3) is 0 Å². The van der Waals surface area contributed by atoms with Crippen LogP contribution in [0.3, 0.4) is 0 Å². The van der Waals surface area contributed by atoms with Gasteiger partial charge in [0.25, 0.3) is 0 Å². The van der Waals surface area contributed by atoms with Gasteiger partial charge in [-0.25, -0.2) is 0 Å². The Morgan fingerprint density at radius 3 is 2.39 bits per heavy atom. The maximum absolute atomic E-state index is 13.8. The normalized spacial score (nSPS) is 25.0. The predicted octanol–water partition coefficient (Wildman–Crippen LogP) is -1.30. The third-order valence-corrected chi connectivity index (χ3v) is 6.66. The summed E-state index contributed by atoms with van der Waals surface area (Å²) in [4.78, 5) is 31.1. The van der Waals surface area contributed by atoms with E-state index >= 15 is 0 Å². The quantitative estimate of drug-likeness (QED) is 0.146. The first kappa shape index (κ1) is 27.3. The van der Waals surface area contributed by atoms with Crippen molar-refractivity contribution in [1.82, 2.24) is 5.32 Å². The number of methoxy groups -OCH3 is 1. The lowest BCUT2D eigenvalue weighted by molar-refractivity contribution is -0.277. The number of aryl methyl sites for hydroxylation is 1. The van der Waals surface area contributed by atoms with Gasteiger partial charge in [0, 0.05) is 36.3 Å². The fourth-order valence-electron chi connectivity index (χ4n) is 4.51. The van der Waals surface area contributed by atoms with Crippen LogP contribution in [0, 0.1) is 6.92 Å². The zero-order valence-corrected chi connectivity index (χ0v) is 20.8. The molecule has 8 N–H and O–H groups in total. The standard InChI is InChI=1S/C25H29N3O10/c1-9-4-11-17(19(31)13(9)7-28-25(26)27-2)21(33)16-12(18(11)30)5-10(36-3)6-14(16)37-24-23(35)22(34)20(32)15(8-29)38-24/h4-6,15,20,22-24,29,31-32,34-35H,7-8H2,1-3H3,(H3,26,27,28)/t15-,20-,22+,23-,24+/m1/s1. The highest BCUT2D eigenvalue weighted by molar-refractivity contribution is 6.30. The molecule has 13 nitrogen and oxygen atoms in total. The fourth-order valence-corrected chi connectivity index (χ4v) is 4.51. The first-order chi connectivity index (χ1) is 18.0. The molecule has 0 radical (unpaired) electrons. The van der Waals surface area contributed by atoms with Crippen molar-refractivity contribution in [3.63, 3.8) is 0 Å². The minimum absolute atomic E-state index is 0.0228. The van der Waals surface area contributed by atoms with Gasteiger partial charge in [0.2, 0.25) is 12.1 Å². The maximum atomic E-state index is 13.8. The number of benzene rings is 2. The molecule has 0 bridgehead atoms. The maximum Gasteiger partial charge on any atom is 0.229 e. The van der Waals surface area contributed by atoms with Gasteiger partial charge >= 0.3 is 0 Å².